The summed E-state index contributed by atoms with van der Waals surface area (Å²) in [7, 11) is 0. The molecule has 3 rings (SSSR count). The summed E-state index contributed by atoms with van der Waals surface area (Å²) in [6.07, 6.45) is 1.71. The van der Waals surface area contributed by atoms with E-state index in [2.05, 4.69) is 15.5 Å². The zero-order chi connectivity index (χ0) is 14.7. The molecule has 0 amide bonds. The molecule has 0 spiro atoms. The maximum atomic E-state index is 13.5. The van der Waals surface area contributed by atoms with E-state index in [0.717, 1.165) is 31.0 Å². The molecule has 0 radical (unpaired) electrons. The Kier molecular flexibility index (Phi) is 4.10. The highest BCUT2D eigenvalue weighted by Crippen LogP contribution is 2.25. The van der Waals surface area contributed by atoms with Crippen molar-refractivity contribution in [2.45, 2.75) is 25.3 Å². The smallest absolute Gasteiger partial charge is 0.229 e. The van der Waals surface area contributed by atoms with Gasteiger partial charge in [-0.05, 0) is 31.0 Å². The minimum absolute atomic E-state index is 0.0763. The lowest BCUT2D eigenvalue weighted by atomic mass is 10.0. The van der Waals surface area contributed by atoms with Gasteiger partial charge in [0.2, 0.25) is 5.89 Å². The molecule has 1 saturated heterocycles. The van der Waals surface area contributed by atoms with Crippen molar-refractivity contribution in [3.8, 4) is 0 Å². The Labute approximate surface area is 120 Å². The molecule has 0 saturated carbocycles. The molecule has 1 aliphatic heterocycles. The molecule has 7 heteroatoms. The lowest BCUT2D eigenvalue weighted by molar-refractivity contribution is 0.0778. The van der Waals surface area contributed by atoms with Crippen LogP contribution in [0.4, 0.5) is 14.5 Å². The Morgan fingerprint density at radius 1 is 1.24 bits per heavy atom. The molecule has 1 aromatic heterocycles. The number of halogens is 2. The second kappa shape index (κ2) is 6.17. The van der Waals surface area contributed by atoms with Crippen LogP contribution in [0.1, 0.15) is 30.5 Å². The van der Waals surface area contributed by atoms with Crippen molar-refractivity contribution in [3.63, 3.8) is 0 Å². The number of nitrogens with one attached hydrogen (secondary N) is 1. The molecule has 112 valence electrons. The van der Waals surface area contributed by atoms with Crippen molar-refractivity contribution < 1.29 is 18.0 Å². The fourth-order valence-corrected chi connectivity index (χ4v) is 2.26. The lowest BCUT2D eigenvalue weighted by Crippen LogP contribution is -2.14. The van der Waals surface area contributed by atoms with Gasteiger partial charge in [0.25, 0.3) is 0 Å². The Bertz CT molecular complexity index is 612. The van der Waals surface area contributed by atoms with Gasteiger partial charge in [-0.1, -0.05) is 5.16 Å². The van der Waals surface area contributed by atoms with E-state index in [9.17, 15) is 8.78 Å². The zero-order valence-corrected chi connectivity index (χ0v) is 11.3. The summed E-state index contributed by atoms with van der Waals surface area (Å²) in [5, 5.41) is 6.61. The van der Waals surface area contributed by atoms with Crippen molar-refractivity contribution in [2.24, 2.45) is 0 Å². The van der Waals surface area contributed by atoms with Gasteiger partial charge in [0.15, 0.2) is 5.82 Å². The molecule has 1 fully saturated rings. The number of rotatable bonds is 4. The highest BCUT2D eigenvalue weighted by atomic mass is 19.1. The van der Waals surface area contributed by atoms with Crippen LogP contribution in [0.25, 0.3) is 0 Å². The van der Waals surface area contributed by atoms with E-state index < -0.39 is 11.6 Å². The fraction of sp³-hybridized carbons (Fsp3) is 0.429. The van der Waals surface area contributed by atoms with E-state index in [1.807, 2.05) is 0 Å². The summed E-state index contributed by atoms with van der Waals surface area (Å²) >= 11 is 0. The van der Waals surface area contributed by atoms with Gasteiger partial charge in [0, 0.05) is 19.1 Å². The second-order valence-corrected chi connectivity index (χ2v) is 4.91. The van der Waals surface area contributed by atoms with Crippen molar-refractivity contribution in [1.29, 1.82) is 0 Å². The van der Waals surface area contributed by atoms with Crippen LogP contribution in [0.15, 0.2) is 22.7 Å². The fourth-order valence-electron chi connectivity index (χ4n) is 2.26. The Hall–Kier alpha value is -2.02. The number of ether oxygens (including phenoxy) is 1. The molecule has 0 bridgehead atoms. The number of benzene rings is 1. The van der Waals surface area contributed by atoms with E-state index in [1.54, 1.807) is 0 Å². The standard InChI is InChI=1S/C14H15F2N3O2/c15-10-1-2-11(16)12(7-10)17-8-13-18-14(21-19-13)9-3-5-20-6-4-9/h1-2,7,9,17H,3-6,8H2. The van der Waals surface area contributed by atoms with Gasteiger partial charge in [0.05, 0.1) is 12.2 Å². The second-order valence-electron chi connectivity index (χ2n) is 4.91. The van der Waals surface area contributed by atoms with Gasteiger partial charge >= 0.3 is 0 Å². The first-order valence-corrected chi connectivity index (χ1v) is 6.81. The molecule has 21 heavy (non-hydrogen) atoms. The normalized spacial score (nSPS) is 16.1. The first-order chi connectivity index (χ1) is 10.2. The maximum Gasteiger partial charge on any atom is 0.229 e. The number of nitrogens with zero attached hydrogens (tertiary/aromatic N) is 2. The Balaban J connectivity index is 1.63. The van der Waals surface area contributed by atoms with E-state index in [0.29, 0.717) is 24.9 Å². The molecule has 2 heterocycles. The molecular formula is C14H15F2N3O2. The lowest BCUT2D eigenvalue weighted by Gasteiger charge is -2.17. The molecule has 1 aliphatic rings. The topological polar surface area (TPSA) is 60.2 Å². The van der Waals surface area contributed by atoms with E-state index in [-0.39, 0.29) is 18.2 Å². The minimum atomic E-state index is -0.524. The van der Waals surface area contributed by atoms with E-state index >= 15 is 0 Å². The van der Waals surface area contributed by atoms with Crippen molar-refractivity contribution in [2.75, 3.05) is 18.5 Å². The van der Waals surface area contributed by atoms with E-state index in [4.69, 9.17) is 9.26 Å². The maximum absolute atomic E-state index is 13.5. The third kappa shape index (κ3) is 3.36. The molecule has 2 aromatic rings. The van der Waals surface area contributed by atoms with Crippen LogP contribution in [0.5, 0.6) is 0 Å². The summed E-state index contributed by atoms with van der Waals surface area (Å²) < 4.78 is 37.0. The average molecular weight is 295 g/mol. The number of hydrogen-bond acceptors (Lipinski definition) is 5. The number of anilines is 1. The average Bonchev–Trinajstić information content (AvgIpc) is 2.98. The summed E-state index contributed by atoms with van der Waals surface area (Å²) in [4.78, 5) is 4.29. The number of hydrogen-bond donors (Lipinski definition) is 1. The molecular weight excluding hydrogens is 280 g/mol. The van der Waals surface area contributed by atoms with Crippen molar-refractivity contribution in [1.82, 2.24) is 10.1 Å². The van der Waals surface area contributed by atoms with Crippen molar-refractivity contribution >= 4 is 5.69 Å². The quantitative estimate of drug-likeness (QED) is 0.940. The Morgan fingerprint density at radius 2 is 2.05 bits per heavy atom. The van der Waals surface area contributed by atoms with Gasteiger partial charge < -0.3 is 14.6 Å². The predicted octanol–water partition coefficient (Wildman–Crippen LogP) is 2.85. The third-order valence-electron chi connectivity index (χ3n) is 3.42. The SMILES string of the molecule is Fc1ccc(F)c(NCc2noc(C3CCOCC3)n2)c1. The first-order valence-electron chi connectivity index (χ1n) is 6.81. The van der Waals surface area contributed by atoms with Crippen LogP contribution >= 0.6 is 0 Å². The highest BCUT2D eigenvalue weighted by Gasteiger charge is 2.21. The molecule has 0 atom stereocenters. The van der Waals surface area contributed by atoms with Crippen LogP contribution in [0, 0.1) is 11.6 Å². The van der Waals surface area contributed by atoms with Gasteiger partial charge in [-0.25, -0.2) is 8.78 Å². The Morgan fingerprint density at radius 3 is 2.86 bits per heavy atom. The van der Waals surface area contributed by atoms with Gasteiger partial charge in [-0.3, -0.25) is 0 Å². The predicted molar refractivity (Wildman–Crippen MR) is 70.8 cm³/mol. The number of aromatic nitrogens is 2. The van der Waals surface area contributed by atoms with Crippen LogP contribution in [-0.2, 0) is 11.3 Å². The van der Waals surface area contributed by atoms with Crippen LogP contribution in [-0.4, -0.2) is 23.4 Å². The zero-order valence-electron chi connectivity index (χ0n) is 11.3. The van der Waals surface area contributed by atoms with Gasteiger partial charge in [0.1, 0.15) is 11.6 Å². The van der Waals surface area contributed by atoms with Crippen LogP contribution in [0.3, 0.4) is 0 Å². The summed E-state index contributed by atoms with van der Waals surface area (Å²) in [5.41, 5.74) is 0.0763. The van der Waals surface area contributed by atoms with Gasteiger partial charge in [-0.2, -0.15) is 4.98 Å². The van der Waals surface area contributed by atoms with Crippen LogP contribution < -0.4 is 5.32 Å². The molecule has 1 aromatic carbocycles. The monoisotopic (exact) mass is 295 g/mol. The molecule has 0 unspecified atom stereocenters. The third-order valence-corrected chi connectivity index (χ3v) is 3.42. The molecule has 1 N–H and O–H groups in total. The highest BCUT2D eigenvalue weighted by molar-refractivity contribution is 5.44. The summed E-state index contributed by atoms with van der Waals surface area (Å²) in [6, 6.07) is 3.23. The van der Waals surface area contributed by atoms with Gasteiger partial charge in [-0.15, -0.1) is 0 Å². The summed E-state index contributed by atoms with van der Waals surface area (Å²) in [5.74, 6) is 0.181. The molecule has 5 nitrogen and oxygen atoms in total. The summed E-state index contributed by atoms with van der Waals surface area (Å²) in [6.45, 7) is 1.55. The minimum Gasteiger partial charge on any atom is -0.381 e. The van der Waals surface area contributed by atoms with Crippen molar-refractivity contribution in [3.05, 3.63) is 41.5 Å². The van der Waals surface area contributed by atoms with E-state index in [1.165, 1.54) is 0 Å². The first kappa shape index (κ1) is 13.9. The molecule has 0 aliphatic carbocycles. The largest absolute Gasteiger partial charge is 0.381 e. The van der Waals surface area contributed by atoms with Crippen LogP contribution in [0.2, 0.25) is 0 Å².